The van der Waals surface area contributed by atoms with E-state index in [2.05, 4.69) is 0 Å². The zero-order valence-corrected chi connectivity index (χ0v) is 8.47. The molecule has 0 spiro atoms. The van der Waals surface area contributed by atoms with Crippen molar-refractivity contribution in [1.82, 2.24) is 0 Å². The van der Waals surface area contributed by atoms with Gasteiger partial charge in [0, 0.05) is 0 Å². The Hall–Kier alpha value is -0.910. The molecule has 1 atom stereocenters. The average Bonchev–Trinajstić information content (AvgIpc) is 2.03. The zero-order chi connectivity index (χ0) is 11.0. The van der Waals surface area contributed by atoms with Gasteiger partial charge in [-0.3, -0.25) is 0 Å². The van der Waals surface area contributed by atoms with Crippen LogP contribution in [0, 0.1) is 0 Å². The first kappa shape index (κ1) is 11.2. The van der Waals surface area contributed by atoms with Gasteiger partial charge >= 0.3 is 5.97 Å². The lowest BCUT2D eigenvalue weighted by Crippen LogP contribution is -2.35. The lowest BCUT2D eigenvalue weighted by Gasteiger charge is -2.22. The molecule has 0 saturated heterocycles. The van der Waals surface area contributed by atoms with E-state index in [1.807, 2.05) is 0 Å². The molecule has 0 aliphatic carbocycles. The lowest BCUT2D eigenvalue weighted by molar-refractivity contribution is -0.147. The van der Waals surface area contributed by atoms with Crippen molar-refractivity contribution in [2.45, 2.75) is 19.0 Å². The van der Waals surface area contributed by atoms with E-state index >= 15 is 0 Å². The van der Waals surface area contributed by atoms with E-state index in [0.29, 0.717) is 0 Å². The summed E-state index contributed by atoms with van der Waals surface area (Å²) in [7, 11) is -3.14. The number of hydrogen-bond acceptors (Lipinski definition) is 3. The van der Waals surface area contributed by atoms with Crippen LogP contribution in [0.4, 0.5) is 4.39 Å². The largest absolute Gasteiger partial charge is 0.479 e. The van der Waals surface area contributed by atoms with Gasteiger partial charge in [-0.2, -0.15) is 0 Å². The molecule has 0 bridgehead atoms. The molecule has 6 heteroatoms. The third-order valence-corrected chi connectivity index (χ3v) is 3.77. The van der Waals surface area contributed by atoms with Gasteiger partial charge in [0.05, 0.1) is 11.5 Å². The van der Waals surface area contributed by atoms with Crippen LogP contribution in [0.3, 0.4) is 0 Å². The Balaban J connectivity index is 2.94. The Kier molecular flexibility index (Phi) is 2.67. The number of sulfone groups is 1. The fourth-order valence-corrected chi connectivity index (χ4v) is 2.39. The number of alkyl halides is 1. The number of aliphatic carboxylic acids is 1. The van der Waals surface area contributed by atoms with Gasteiger partial charge in [0.1, 0.15) is 0 Å². The minimum absolute atomic E-state index is 0.0400. The molecule has 1 aliphatic heterocycles. The second kappa shape index (κ2) is 3.34. The maximum atomic E-state index is 13.5. The Labute approximate surface area is 81.3 Å². The predicted octanol–water partition coefficient (Wildman–Crippen LogP) is 0.544. The van der Waals surface area contributed by atoms with Crippen LogP contribution in [0.2, 0.25) is 0 Å². The molecule has 1 N–H and O–H groups in total. The molecule has 4 nitrogen and oxygen atoms in total. The Morgan fingerprint density at radius 2 is 2.21 bits per heavy atom. The summed E-state index contributed by atoms with van der Waals surface area (Å²) in [5, 5.41) is 8.56. The molecule has 1 heterocycles. The average molecular weight is 222 g/mol. The number of carboxylic acid groups (broad SMARTS) is 1. The topological polar surface area (TPSA) is 71.4 Å². The van der Waals surface area contributed by atoms with Crippen molar-refractivity contribution in [1.29, 1.82) is 0 Å². The Morgan fingerprint density at radius 1 is 1.64 bits per heavy atom. The minimum Gasteiger partial charge on any atom is -0.479 e. The highest BCUT2D eigenvalue weighted by Crippen LogP contribution is 2.28. The van der Waals surface area contributed by atoms with Gasteiger partial charge in [0.15, 0.2) is 9.84 Å². The lowest BCUT2D eigenvalue weighted by atomic mass is 9.95. The van der Waals surface area contributed by atoms with E-state index < -0.39 is 21.5 Å². The molecule has 14 heavy (non-hydrogen) atoms. The first-order chi connectivity index (χ1) is 6.26. The molecule has 0 aromatic rings. The van der Waals surface area contributed by atoms with E-state index in [9.17, 15) is 17.6 Å². The number of carbonyl (C=O) groups is 1. The van der Waals surface area contributed by atoms with Gasteiger partial charge in [-0.05, 0) is 18.9 Å². The van der Waals surface area contributed by atoms with Crippen LogP contribution in [0.5, 0.6) is 0 Å². The Morgan fingerprint density at radius 3 is 2.57 bits per heavy atom. The Bertz CT molecular complexity index is 380. The summed E-state index contributed by atoms with van der Waals surface area (Å²) >= 11 is 0. The van der Waals surface area contributed by atoms with Crippen molar-refractivity contribution >= 4 is 15.8 Å². The van der Waals surface area contributed by atoms with Crippen LogP contribution in [0.1, 0.15) is 13.3 Å². The smallest absolute Gasteiger partial charge is 0.345 e. The first-order valence-corrected chi connectivity index (χ1v) is 5.90. The highest BCUT2D eigenvalue weighted by molar-refractivity contribution is 7.91. The van der Waals surface area contributed by atoms with Gasteiger partial charge in [-0.15, -0.1) is 0 Å². The summed E-state index contributed by atoms with van der Waals surface area (Å²) in [6, 6.07) is 0. The van der Waals surface area contributed by atoms with Crippen LogP contribution in [-0.4, -0.2) is 36.7 Å². The van der Waals surface area contributed by atoms with Crippen molar-refractivity contribution in [2.75, 3.05) is 11.5 Å². The van der Waals surface area contributed by atoms with Crippen LogP contribution in [-0.2, 0) is 14.6 Å². The van der Waals surface area contributed by atoms with Crippen LogP contribution < -0.4 is 0 Å². The molecular weight excluding hydrogens is 211 g/mol. The molecular formula is C8H11FO4S. The minimum atomic E-state index is -3.14. The number of hydrogen-bond donors (Lipinski definition) is 1. The second-order valence-electron chi connectivity index (χ2n) is 3.40. The predicted molar refractivity (Wildman–Crippen MR) is 48.5 cm³/mol. The summed E-state index contributed by atoms with van der Waals surface area (Å²) in [6.45, 7) is 0.930. The standard InChI is InChI=1S/C8H11FO4S/c1-8(9,7(10)11)6-2-4-14(12,13)5-3-6/h2H,3-5H2,1H3,(H,10,11). The highest BCUT2D eigenvalue weighted by atomic mass is 32.2. The van der Waals surface area contributed by atoms with Crippen LogP contribution >= 0.6 is 0 Å². The third kappa shape index (κ3) is 2.12. The van der Waals surface area contributed by atoms with E-state index in [0.717, 1.165) is 13.0 Å². The molecule has 0 radical (unpaired) electrons. The molecule has 0 fully saturated rings. The van der Waals surface area contributed by atoms with Crippen molar-refractivity contribution in [3.63, 3.8) is 0 Å². The molecule has 0 aromatic heterocycles. The normalized spacial score (nSPS) is 24.9. The van der Waals surface area contributed by atoms with Gasteiger partial charge < -0.3 is 5.11 Å². The monoisotopic (exact) mass is 222 g/mol. The SMILES string of the molecule is CC(F)(C(=O)O)C1=CCS(=O)(=O)CC1. The van der Waals surface area contributed by atoms with E-state index in [4.69, 9.17) is 5.11 Å². The first-order valence-electron chi connectivity index (χ1n) is 4.08. The fourth-order valence-electron chi connectivity index (χ4n) is 1.24. The van der Waals surface area contributed by atoms with Gasteiger partial charge in [0.2, 0.25) is 5.67 Å². The summed E-state index contributed by atoms with van der Waals surface area (Å²) in [4.78, 5) is 10.5. The summed E-state index contributed by atoms with van der Waals surface area (Å²) in [5.74, 6) is -2.02. The van der Waals surface area contributed by atoms with Crippen LogP contribution in [0.25, 0.3) is 0 Å². The second-order valence-corrected chi connectivity index (χ2v) is 5.63. The molecule has 1 unspecified atom stereocenters. The summed E-state index contributed by atoms with van der Waals surface area (Å²) in [5.41, 5.74) is -2.41. The van der Waals surface area contributed by atoms with E-state index in [-0.39, 0.29) is 23.5 Å². The van der Waals surface area contributed by atoms with Crippen molar-refractivity contribution in [3.05, 3.63) is 11.6 Å². The number of rotatable bonds is 2. The van der Waals surface area contributed by atoms with Crippen LogP contribution in [0.15, 0.2) is 11.6 Å². The maximum absolute atomic E-state index is 13.5. The fraction of sp³-hybridized carbons (Fsp3) is 0.625. The maximum Gasteiger partial charge on any atom is 0.345 e. The van der Waals surface area contributed by atoms with E-state index in [1.165, 1.54) is 0 Å². The molecule has 0 amide bonds. The van der Waals surface area contributed by atoms with Gasteiger partial charge in [-0.1, -0.05) is 6.08 Å². The quantitative estimate of drug-likeness (QED) is 0.692. The van der Waals surface area contributed by atoms with Crippen molar-refractivity contribution in [2.24, 2.45) is 0 Å². The molecule has 1 rings (SSSR count). The van der Waals surface area contributed by atoms with Crippen molar-refractivity contribution < 1.29 is 22.7 Å². The number of halogens is 1. The third-order valence-electron chi connectivity index (χ3n) is 2.27. The summed E-state index contributed by atoms with van der Waals surface area (Å²) in [6.07, 6.45) is 1.12. The van der Waals surface area contributed by atoms with Crippen molar-refractivity contribution in [3.8, 4) is 0 Å². The summed E-state index contributed by atoms with van der Waals surface area (Å²) < 4.78 is 35.4. The van der Waals surface area contributed by atoms with E-state index in [1.54, 1.807) is 0 Å². The molecule has 0 aromatic carbocycles. The number of carboxylic acids is 1. The zero-order valence-electron chi connectivity index (χ0n) is 7.66. The highest BCUT2D eigenvalue weighted by Gasteiger charge is 2.38. The molecule has 1 aliphatic rings. The molecule has 80 valence electrons. The van der Waals surface area contributed by atoms with Gasteiger partial charge in [0.25, 0.3) is 0 Å². The van der Waals surface area contributed by atoms with Gasteiger partial charge in [-0.25, -0.2) is 17.6 Å². The molecule has 0 saturated carbocycles.